The van der Waals surface area contributed by atoms with Gasteiger partial charge in [-0.15, -0.1) is 0 Å². The van der Waals surface area contributed by atoms with Gasteiger partial charge in [-0.1, -0.05) is 12.6 Å². The van der Waals surface area contributed by atoms with Crippen molar-refractivity contribution < 1.29 is 23.1 Å². The third-order valence-corrected chi connectivity index (χ3v) is 9.39. The predicted molar refractivity (Wildman–Crippen MR) is 178 cm³/mol. The Morgan fingerprint density at radius 2 is 1.83 bits per heavy atom. The molecule has 0 radical (unpaired) electrons. The summed E-state index contributed by atoms with van der Waals surface area (Å²) in [5, 5.41) is 7.65. The number of nitrogens with zero attached hydrogens (tertiary/aromatic N) is 6. The zero-order valence-electron chi connectivity index (χ0n) is 27.1. The highest BCUT2D eigenvalue weighted by Gasteiger charge is 2.34. The van der Waals surface area contributed by atoms with Crippen molar-refractivity contribution in [3.8, 4) is 5.75 Å². The molecule has 3 aliphatic rings. The van der Waals surface area contributed by atoms with E-state index in [0.717, 1.165) is 44.7 Å². The number of anilines is 5. The van der Waals surface area contributed by atoms with E-state index in [1.54, 1.807) is 13.2 Å². The second-order valence-electron chi connectivity index (χ2n) is 12.4. The van der Waals surface area contributed by atoms with E-state index in [1.807, 2.05) is 12.1 Å². The number of nitrogens with one attached hydrogen (secondary N) is 2. The first-order valence-electron chi connectivity index (χ1n) is 16.0. The van der Waals surface area contributed by atoms with Crippen molar-refractivity contribution in [2.24, 2.45) is 0 Å². The molecule has 250 valence electrons. The van der Waals surface area contributed by atoms with Gasteiger partial charge in [0.1, 0.15) is 29.5 Å². The van der Waals surface area contributed by atoms with Crippen LogP contribution in [0.15, 0.2) is 55.4 Å². The molecule has 2 aromatic carbocycles. The predicted octanol–water partition coefficient (Wildman–Crippen LogP) is 5.12. The van der Waals surface area contributed by atoms with Crippen molar-refractivity contribution in [1.82, 2.24) is 19.8 Å². The fraction of sp³-hybridized carbons (Fsp3) is 0.441. The van der Waals surface area contributed by atoms with Gasteiger partial charge in [0, 0.05) is 62.4 Å². The van der Waals surface area contributed by atoms with Gasteiger partial charge in [0.05, 0.1) is 36.8 Å². The Kier molecular flexibility index (Phi) is 9.85. The van der Waals surface area contributed by atoms with Gasteiger partial charge in [-0.2, -0.15) is 0 Å². The molecule has 2 atom stereocenters. The topological polar surface area (TPSA) is 98.3 Å². The fourth-order valence-electron chi connectivity index (χ4n) is 6.83. The van der Waals surface area contributed by atoms with E-state index in [1.165, 1.54) is 42.1 Å². The van der Waals surface area contributed by atoms with E-state index in [4.69, 9.17) is 9.57 Å². The Bertz CT molecular complexity index is 1580. The number of ether oxygens (including phenoxy) is 1. The molecule has 3 aromatic rings. The van der Waals surface area contributed by atoms with E-state index < -0.39 is 17.7 Å². The number of hydroxylamine groups is 1. The first-order valence-corrected chi connectivity index (χ1v) is 16.0. The average Bonchev–Trinajstić information content (AvgIpc) is 3.76. The van der Waals surface area contributed by atoms with Gasteiger partial charge in [0.25, 0.3) is 0 Å². The standard InChI is InChI=1S/C34H42F2N8O3/c1-5-33(45)40-26-17-27(30(46-4)18-29(26)42-13-9-22(10-14-42)43-15-11-23(20-43)41(2)3)39-31-19-32(38-21-37-31)44-28(12-16-47-44)34-24(35)7-6-8-25(34)36/h5-8,17-19,21-23,28H,1,9-16,20H2,2-4H3,(H,40,45)(H,37,38,39)/t23-,28-/m0/s1. The minimum Gasteiger partial charge on any atom is -0.494 e. The minimum atomic E-state index is -0.697. The highest BCUT2D eigenvalue weighted by atomic mass is 19.1. The lowest BCUT2D eigenvalue weighted by Gasteiger charge is -2.39. The Morgan fingerprint density at radius 1 is 1.06 bits per heavy atom. The zero-order chi connectivity index (χ0) is 33.1. The first-order chi connectivity index (χ1) is 22.7. The molecule has 0 bridgehead atoms. The highest BCUT2D eigenvalue weighted by Crippen LogP contribution is 2.41. The number of hydrogen-bond acceptors (Lipinski definition) is 10. The molecule has 47 heavy (non-hydrogen) atoms. The Balaban J connectivity index is 1.23. The minimum absolute atomic E-state index is 0.0693. The maximum Gasteiger partial charge on any atom is 0.247 e. The number of halogens is 2. The largest absolute Gasteiger partial charge is 0.494 e. The Hall–Kier alpha value is -4.33. The second kappa shape index (κ2) is 14.2. The molecule has 0 unspecified atom stereocenters. The molecule has 1 amide bonds. The first kappa shape index (κ1) is 32.6. The molecule has 4 heterocycles. The van der Waals surface area contributed by atoms with Gasteiger partial charge in [-0.05, 0) is 57.6 Å². The Morgan fingerprint density at radius 3 is 2.51 bits per heavy atom. The number of likely N-dealkylation sites (tertiary alicyclic amines) is 1. The molecular weight excluding hydrogens is 606 g/mol. The molecule has 13 heteroatoms. The molecule has 11 nitrogen and oxygen atoms in total. The number of methoxy groups -OCH3 is 1. The number of hydrogen-bond donors (Lipinski definition) is 2. The van der Waals surface area contributed by atoms with Gasteiger partial charge in [-0.3, -0.25) is 14.5 Å². The summed E-state index contributed by atoms with van der Waals surface area (Å²) in [6.07, 6.45) is 6.22. The van der Waals surface area contributed by atoms with Crippen LogP contribution in [0.25, 0.3) is 0 Å². The van der Waals surface area contributed by atoms with Crippen LogP contribution in [-0.2, 0) is 9.63 Å². The Labute approximate surface area is 274 Å². The summed E-state index contributed by atoms with van der Waals surface area (Å²) in [5.41, 5.74) is 1.95. The lowest BCUT2D eigenvalue weighted by molar-refractivity contribution is -0.111. The van der Waals surface area contributed by atoms with Crippen LogP contribution < -0.4 is 25.3 Å². The molecule has 3 saturated heterocycles. The molecule has 2 N–H and O–H groups in total. The summed E-state index contributed by atoms with van der Waals surface area (Å²) < 4.78 is 35.1. The van der Waals surface area contributed by atoms with E-state index in [0.29, 0.717) is 47.3 Å². The number of carbonyl (C=O) groups excluding carboxylic acids is 1. The van der Waals surface area contributed by atoms with E-state index in [9.17, 15) is 13.6 Å². The summed E-state index contributed by atoms with van der Waals surface area (Å²) >= 11 is 0. The monoisotopic (exact) mass is 648 g/mol. The summed E-state index contributed by atoms with van der Waals surface area (Å²) in [7, 11) is 5.89. The number of rotatable bonds is 10. The number of aromatic nitrogens is 2. The van der Waals surface area contributed by atoms with Crippen molar-refractivity contribution in [2.45, 2.75) is 43.8 Å². The lowest BCUT2D eigenvalue weighted by atomic mass is 10.0. The molecule has 0 spiro atoms. The maximum absolute atomic E-state index is 14.7. The fourth-order valence-corrected chi connectivity index (χ4v) is 6.83. The second-order valence-corrected chi connectivity index (χ2v) is 12.4. The number of benzene rings is 2. The van der Waals surface area contributed by atoms with Crippen LogP contribution in [0.5, 0.6) is 5.75 Å². The van der Waals surface area contributed by atoms with Gasteiger partial charge >= 0.3 is 0 Å². The van der Waals surface area contributed by atoms with Gasteiger partial charge in [0.15, 0.2) is 5.82 Å². The normalized spacial score (nSPS) is 20.6. The van der Waals surface area contributed by atoms with Gasteiger partial charge < -0.3 is 25.2 Å². The van der Waals surface area contributed by atoms with E-state index >= 15 is 0 Å². The van der Waals surface area contributed by atoms with Crippen LogP contribution in [0.3, 0.4) is 0 Å². The van der Waals surface area contributed by atoms with Crippen molar-refractivity contribution in [3.63, 3.8) is 0 Å². The van der Waals surface area contributed by atoms with Crippen LogP contribution in [0.2, 0.25) is 0 Å². The third kappa shape index (κ3) is 7.02. The zero-order valence-corrected chi connectivity index (χ0v) is 27.1. The van der Waals surface area contributed by atoms with E-state index in [2.05, 4.69) is 56.0 Å². The van der Waals surface area contributed by atoms with Crippen LogP contribution >= 0.6 is 0 Å². The van der Waals surface area contributed by atoms with E-state index in [-0.39, 0.29) is 18.1 Å². The van der Waals surface area contributed by atoms with Gasteiger partial charge in [-0.25, -0.2) is 23.8 Å². The number of likely N-dealkylation sites (N-methyl/N-ethyl adjacent to an activating group) is 1. The molecule has 6 rings (SSSR count). The molecule has 3 aliphatic heterocycles. The van der Waals surface area contributed by atoms with Crippen molar-refractivity contribution in [1.29, 1.82) is 0 Å². The maximum atomic E-state index is 14.7. The quantitative estimate of drug-likeness (QED) is 0.289. The smallest absolute Gasteiger partial charge is 0.247 e. The average molecular weight is 649 g/mol. The molecule has 3 fully saturated rings. The number of amides is 1. The summed E-state index contributed by atoms with van der Waals surface area (Å²) in [5.74, 6) is -0.332. The van der Waals surface area contributed by atoms with Crippen molar-refractivity contribution >= 4 is 34.6 Å². The van der Waals surface area contributed by atoms with Crippen molar-refractivity contribution in [2.75, 3.05) is 74.6 Å². The molecule has 0 saturated carbocycles. The molecule has 0 aliphatic carbocycles. The molecular formula is C34H42F2N8O3. The third-order valence-electron chi connectivity index (χ3n) is 9.39. The SMILES string of the molecule is C=CC(=O)Nc1cc(Nc2cc(N3OCC[C@H]3c3c(F)cccc3F)ncn2)c(OC)cc1N1CCC(N2CC[C@H](N(C)C)C2)CC1. The van der Waals surface area contributed by atoms with Gasteiger partial charge in [0.2, 0.25) is 5.91 Å². The highest BCUT2D eigenvalue weighted by molar-refractivity contribution is 6.02. The summed E-state index contributed by atoms with van der Waals surface area (Å²) in [6.45, 7) is 7.81. The molecule has 1 aromatic heterocycles. The van der Waals surface area contributed by atoms with Crippen LogP contribution in [-0.4, -0.2) is 91.7 Å². The van der Waals surface area contributed by atoms with Crippen molar-refractivity contribution in [3.05, 3.63) is 72.6 Å². The van der Waals surface area contributed by atoms with Crippen LogP contribution in [0, 0.1) is 11.6 Å². The summed E-state index contributed by atoms with van der Waals surface area (Å²) in [6, 6.07) is 9.61. The lowest BCUT2D eigenvalue weighted by Crippen LogP contribution is -2.45. The number of piperidine rings is 1. The van der Waals surface area contributed by atoms with Crippen LogP contribution in [0.4, 0.5) is 37.5 Å². The number of carbonyl (C=O) groups is 1. The van der Waals surface area contributed by atoms with Crippen LogP contribution in [0.1, 0.15) is 37.3 Å². The summed E-state index contributed by atoms with van der Waals surface area (Å²) in [4.78, 5) is 34.2.